The first-order valence-corrected chi connectivity index (χ1v) is 7.88. The molecule has 0 saturated heterocycles. The highest BCUT2D eigenvalue weighted by molar-refractivity contribution is 5.69. The summed E-state index contributed by atoms with van der Waals surface area (Å²) in [7, 11) is 0. The standard InChI is InChI=1S/C20H20N4/c1-5-16-17(24-19(13-22)18(12-21)23-16)11-8-14-6-9-15(10-7-14)20(2,3)4/h6-11H,5H2,1-4H3/b11-8+. The van der Waals surface area contributed by atoms with Crippen LogP contribution in [0.5, 0.6) is 0 Å². The van der Waals surface area contributed by atoms with Gasteiger partial charge in [0.2, 0.25) is 0 Å². The maximum atomic E-state index is 9.10. The highest BCUT2D eigenvalue weighted by atomic mass is 14.8. The molecule has 1 aromatic heterocycles. The van der Waals surface area contributed by atoms with Crippen LogP contribution in [0.2, 0.25) is 0 Å². The Labute approximate surface area is 143 Å². The Morgan fingerprint density at radius 2 is 1.54 bits per heavy atom. The van der Waals surface area contributed by atoms with Gasteiger partial charge in [-0.2, -0.15) is 10.5 Å². The summed E-state index contributed by atoms with van der Waals surface area (Å²) in [6.45, 7) is 8.50. The van der Waals surface area contributed by atoms with Gasteiger partial charge in [-0.25, -0.2) is 9.97 Å². The zero-order valence-electron chi connectivity index (χ0n) is 14.5. The molecule has 0 aliphatic carbocycles. The van der Waals surface area contributed by atoms with Crippen molar-refractivity contribution in [2.45, 2.75) is 39.5 Å². The summed E-state index contributed by atoms with van der Waals surface area (Å²) in [5.74, 6) is 0. The van der Waals surface area contributed by atoms with Crippen LogP contribution in [0.25, 0.3) is 12.2 Å². The van der Waals surface area contributed by atoms with Gasteiger partial charge >= 0.3 is 0 Å². The molecule has 0 saturated carbocycles. The molecule has 24 heavy (non-hydrogen) atoms. The van der Waals surface area contributed by atoms with Crippen molar-refractivity contribution in [2.75, 3.05) is 0 Å². The van der Waals surface area contributed by atoms with E-state index in [1.165, 1.54) is 5.56 Å². The van der Waals surface area contributed by atoms with Gasteiger partial charge in [-0.3, -0.25) is 0 Å². The van der Waals surface area contributed by atoms with E-state index in [4.69, 9.17) is 10.5 Å². The van der Waals surface area contributed by atoms with Crippen LogP contribution in [0.15, 0.2) is 24.3 Å². The van der Waals surface area contributed by atoms with Gasteiger partial charge in [0.15, 0.2) is 11.4 Å². The van der Waals surface area contributed by atoms with Crippen LogP contribution in [-0.2, 0) is 11.8 Å². The van der Waals surface area contributed by atoms with E-state index < -0.39 is 0 Å². The van der Waals surface area contributed by atoms with Gasteiger partial charge in [0.1, 0.15) is 12.1 Å². The fourth-order valence-electron chi connectivity index (χ4n) is 2.30. The Balaban J connectivity index is 2.35. The van der Waals surface area contributed by atoms with Crippen molar-refractivity contribution in [1.29, 1.82) is 10.5 Å². The quantitative estimate of drug-likeness (QED) is 0.848. The zero-order chi connectivity index (χ0) is 17.7. The fourth-order valence-corrected chi connectivity index (χ4v) is 2.30. The molecule has 2 aromatic rings. The fraction of sp³-hybridized carbons (Fsp3) is 0.300. The highest BCUT2D eigenvalue weighted by Gasteiger charge is 2.13. The van der Waals surface area contributed by atoms with E-state index in [0.29, 0.717) is 17.8 Å². The Morgan fingerprint density at radius 3 is 2.04 bits per heavy atom. The number of aromatic nitrogens is 2. The van der Waals surface area contributed by atoms with Crippen molar-refractivity contribution in [1.82, 2.24) is 9.97 Å². The molecule has 0 atom stereocenters. The first-order valence-electron chi connectivity index (χ1n) is 7.88. The van der Waals surface area contributed by atoms with Crippen LogP contribution in [0.1, 0.15) is 61.6 Å². The number of aryl methyl sites for hydroxylation is 1. The summed E-state index contributed by atoms with van der Waals surface area (Å²) in [6.07, 6.45) is 4.44. The lowest BCUT2D eigenvalue weighted by Gasteiger charge is -2.18. The predicted octanol–water partition coefficient (Wildman–Crippen LogP) is 4.25. The maximum absolute atomic E-state index is 9.10. The maximum Gasteiger partial charge on any atom is 0.177 e. The summed E-state index contributed by atoms with van der Waals surface area (Å²) < 4.78 is 0. The van der Waals surface area contributed by atoms with Crippen LogP contribution in [0.4, 0.5) is 0 Å². The summed E-state index contributed by atoms with van der Waals surface area (Å²) >= 11 is 0. The van der Waals surface area contributed by atoms with Crippen LogP contribution < -0.4 is 0 Å². The van der Waals surface area contributed by atoms with Gasteiger partial charge in [0.05, 0.1) is 11.4 Å². The molecule has 0 N–H and O–H groups in total. The number of rotatable bonds is 3. The minimum absolute atomic E-state index is 0.0671. The number of hydrogen-bond acceptors (Lipinski definition) is 4. The lowest BCUT2D eigenvalue weighted by atomic mass is 9.87. The highest BCUT2D eigenvalue weighted by Crippen LogP contribution is 2.22. The zero-order valence-corrected chi connectivity index (χ0v) is 14.5. The van der Waals surface area contributed by atoms with Gasteiger partial charge in [-0.05, 0) is 29.0 Å². The Hall–Kier alpha value is -2.98. The normalized spacial score (nSPS) is 11.2. The van der Waals surface area contributed by atoms with E-state index in [0.717, 1.165) is 5.56 Å². The molecule has 4 nitrogen and oxygen atoms in total. The van der Waals surface area contributed by atoms with Crippen molar-refractivity contribution >= 4 is 12.2 Å². The summed E-state index contributed by atoms with van der Waals surface area (Å²) in [4.78, 5) is 8.51. The van der Waals surface area contributed by atoms with E-state index in [2.05, 4.69) is 55.0 Å². The minimum atomic E-state index is 0.0671. The average molecular weight is 316 g/mol. The molecule has 0 amide bonds. The molecule has 0 bridgehead atoms. The van der Waals surface area contributed by atoms with Crippen molar-refractivity contribution in [2.24, 2.45) is 0 Å². The smallest absolute Gasteiger partial charge is 0.177 e. The van der Waals surface area contributed by atoms with Crippen molar-refractivity contribution < 1.29 is 0 Å². The minimum Gasteiger partial charge on any atom is -0.237 e. The number of nitrogens with zero attached hydrogens (tertiary/aromatic N) is 4. The molecule has 2 rings (SSSR count). The van der Waals surface area contributed by atoms with Gasteiger partial charge in [0, 0.05) is 0 Å². The summed E-state index contributed by atoms with van der Waals surface area (Å²) in [5.41, 5.74) is 3.95. The topological polar surface area (TPSA) is 73.4 Å². The van der Waals surface area contributed by atoms with Gasteiger partial charge < -0.3 is 0 Å². The average Bonchev–Trinajstić information content (AvgIpc) is 2.58. The van der Waals surface area contributed by atoms with Crippen molar-refractivity contribution in [3.05, 3.63) is 58.2 Å². The third-order valence-electron chi connectivity index (χ3n) is 3.76. The molecule has 0 aliphatic heterocycles. The molecular formula is C20H20N4. The second-order valence-electron chi connectivity index (χ2n) is 6.54. The first kappa shape index (κ1) is 17.4. The van der Waals surface area contributed by atoms with Gasteiger partial charge in [-0.1, -0.05) is 58.0 Å². The Morgan fingerprint density at radius 1 is 0.958 bits per heavy atom. The molecule has 0 aliphatic rings. The second-order valence-corrected chi connectivity index (χ2v) is 6.54. The van der Waals surface area contributed by atoms with Gasteiger partial charge in [0.25, 0.3) is 0 Å². The van der Waals surface area contributed by atoms with E-state index in [9.17, 15) is 0 Å². The number of nitriles is 2. The van der Waals surface area contributed by atoms with E-state index in [1.54, 1.807) is 0 Å². The molecular weight excluding hydrogens is 296 g/mol. The molecule has 1 heterocycles. The van der Waals surface area contributed by atoms with Crippen LogP contribution >= 0.6 is 0 Å². The Kier molecular flexibility index (Phi) is 5.11. The molecule has 0 spiro atoms. The van der Waals surface area contributed by atoms with Crippen LogP contribution in [0.3, 0.4) is 0 Å². The Bertz CT molecular complexity index is 841. The van der Waals surface area contributed by atoms with E-state index in [1.807, 2.05) is 31.2 Å². The molecule has 0 unspecified atom stereocenters. The monoisotopic (exact) mass is 316 g/mol. The SMILES string of the molecule is CCc1nc(C#N)c(C#N)nc1/C=C/c1ccc(C(C)(C)C)cc1. The first-order chi connectivity index (χ1) is 11.4. The van der Waals surface area contributed by atoms with Crippen molar-refractivity contribution in [3.8, 4) is 12.1 Å². The predicted molar refractivity (Wildman–Crippen MR) is 94.9 cm³/mol. The third kappa shape index (κ3) is 3.86. The molecule has 1 aromatic carbocycles. The van der Waals surface area contributed by atoms with Crippen LogP contribution in [-0.4, -0.2) is 9.97 Å². The number of benzene rings is 1. The lowest BCUT2D eigenvalue weighted by Crippen LogP contribution is -2.10. The summed E-state index contributed by atoms with van der Waals surface area (Å²) in [6, 6.07) is 12.2. The van der Waals surface area contributed by atoms with Gasteiger partial charge in [-0.15, -0.1) is 0 Å². The molecule has 0 fully saturated rings. The van der Waals surface area contributed by atoms with Crippen LogP contribution in [0, 0.1) is 22.7 Å². The lowest BCUT2D eigenvalue weighted by molar-refractivity contribution is 0.590. The molecule has 120 valence electrons. The molecule has 0 radical (unpaired) electrons. The van der Waals surface area contributed by atoms with Crippen molar-refractivity contribution in [3.63, 3.8) is 0 Å². The van der Waals surface area contributed by atoms with E-state index >= 15 is 0 Å². The largest absolute Gasteiger partial charge is 0.237 e. The third-order valence-corrected chi connectivity index (χ3v) is 3.76. The molecule has 4 heteroatoms. The second kappa shape index (κ2) is 7.06. The summed E-state index contributed by atoms with van der Waals surface area (Å²) in [5, 5.41) is 18.1. The van der Waals surface area contributed by atoms with E-state index in [-0.39, 0.29) is 16.8 Å². The number of hydrogen-bond donors (Lipinski definition) is 0.